The molecule has 6 nitrogen and oxygen atoms in total. The third-order valence-electron chi connectivity index (χ3n) is 3.70. The molecule has 1 aliphatic rings. The summed E-state index contributed by atoms with van der Waals surface area (Å²) in [5.41, 5.74) is 0. The van der Waals surface area contributed by atoms with Crippen LogP contribution in [0, 0.1) is 0 Å². The molecule has 7 heteroatoms. The van der Waals surface area contributed by atoms with Crippen molar-refractivity contribution in [1.29, 1.82) is 0 Å². The van der Waals surface area contributed by atoms with Gasteiger partial charge < -0.3 is 15.0 Å². The van der Waals surface area contributed by atoms with Crippen molar-refractivity contribution >= 4 is 29.1 Å². The summed E-state index contributed by atoms with van der Waals surface area (Å²) in [6, 6.07) is 3.44. The molecule has 0 unspecified atom stereocenters. The van der Waals surface area contributed by atoms with Gasteiger partial charge in [-0.2, -0.15) is 0 Å². The Morgan fingerprint density at radius 3 is 2.48 bits per heavy atom. The topological polar surface area (TPSA) is 75.7 Å². The number of amides is 2. The van der Waals surface area contributed by atoms with Crippen LogP contribution in [-0.2, 0) is 14.3 Å². The van der Waals surface area contributed by atoms with Crippen molar-refractivity contribution in [3.05, 3.63) is 22.4 Å². The zero-order valence-electron chi connectivity index (χ0n) is 13.1. The summed E-state index contributed by atoms with van der Waals surface area (Å²) in [4.78, 5) is 37.7. The van der Waals surface area contributed by atoms with E-state index in [9.17, 15) is 14.4 Å². The Balaban J connectivity index is 1.66. The summed E-state index contributed by atoms with van der Waals surface area (Å²) < 4.78 is 4.96. The van der Waals surface area contributed by atoms with Gasteiger partial charge in [-0.15, -0.1) is 11.3 Å². The van der Waals surface area contributed by atoms with Gasteiger partial charge in [0.15, 0.2) is 6.61 Å². The minimum absolute atomic E-state index is 0.162. The van der Waals surface area contributed by atoms with E-state index in [4.69, 9.17) is 4.74 Å². The van der Waals surface area contributed by atoms with Gasteiger partial charge in [0.05, 0.1) is 4.88 Å². The van der Waals surface area contributed by atoms with E-state index in [1.165, 1.54) is 17.8 Å². The van der Waals surface area contributed by atoms with E-state index in [-0.39, 0.29) is 25.0 Å². The van der Waals surface area contributed by atoms with Crippen LogP contribution in [0.4, 0.5) is 0 Å². The van der Waals surface area contributed by atoms with E-state index >= 15 is 0 Å². The molecule has 0 bridgehead atoms. The Kier molecular flexibility index (Phi) is 7.06. The third kappa shape index (κ3) is 6.02. The Labute approximate surface area is 139 Å². The average Bonchev–Trinajstić information content (AvgIpc) is 3.04. The van der Waals surface area contributed by atoms with Gasteiger partial charge in [0, 0.05) is 13.1 Å². The number of rotatable bonds is 5. The van der Waals surface area contributed by atoms with Gasteiger partial charge in [0.2, 0.25) is 0 Å². The highest BCUT2D eigenvalue weighted by Crippen LogP contribution is 2.10. The molecule has 1 aliphatic heterocycles. The Morgan fingerprint density at radius 1 is 1.13 bits per heavy atom. The molecule has 1 aromatic rings. The van der Waals surface area contributed by atoms with Gasteiger partial charge >= 0.3 is 5.97 Å². The fourth-order valence-corrected chi connectivity index (χ4v) is 3.07. The fourth-order valence-electron chi connectivity index (χ4n) is 2.43. The number of likely N-dealkylation sites (tertiary alicyclic amines) is 1. The monoisotopic (exact) mass is 338 g/mol. The largest absolute Gasteiger partial charge is 0.454 e. The lowest BCUT2D eigenvalue weighted by Gasteiger charge is -2.24. The van der Waals surface area contributed by atoms with Crippen LogP contribution in [0.15, 0.2) is 17.5 Å². The van der Waals surface area contributed by atoms with Crippen molar-refractivity contribution in [2.24, 2.45) is 0 Å². The number of esters is 1. The predicted molar refractivity (Wildman–Crippen MR) is 87.3 cm³/mol. The van der Waals surface area contributed by atoms with E-state index in [0.29, 0.717) is 4.88 Å². The smallest absolute Gasteiger partial charge is 0.325 e. The third-order valence-corrected chi connectivity index (χ3v) is 4.57. The lowest BCUT2D eigenvalue weighted by molar-refractivity contribution is -0.151. The van der Waals surface area contributed by atoms with Gasteiger partial charge in [0.25, 0.3) is 11.8 Å². The number of ether oxygens (including phenoxy) is 1. The molecule has 2 amide bonds. The standard InChI is InChI=1S/C16H22N2O4S/c19-14(18-8-4-2-1-3-5-9-18)12-22-15(20)11-17-16(21)13-7-6-10-23-13/h6-7,10H,1-5,8-9,11-12H2,(H,17,21). The maximum absolute atomic E-state index is 12.1. The van der Waals surface area contributed by atoms with Crippen LogP contribution >= 0.6 is 11.3 Å². The van der Waals surface area contributed by atoms with Crippen molar-refractivity contribution in [3.8, 4) is 0 Å². The molecule has 0 spiro atoms. The second kappa shape index (κ2) is 9.29. The molecule has 0 atom stereocenters. The van der Waals surface area contributed by atoms with E-state index in [2.05, 4.69) is 5.32 Å². The van der Waals surface area contributed by atoms with Crippen LogP contribution in [0.2, 0.25) is 0 Å². The molecule has 1 N–H and O–H groups in total. The zero-order chi connectivity index (χ0) is 16.5. The second-order valence-electron chi connectivity index (χ2n) is 5.47. The molecule has 126 valence electrons. The first-order valence-electron chi connectivity index (χ1n) is 7.92. The van der Waals surface area contributed by atoms with Gasteiger partial charge in [-0.05, 0) is 24.3 Å². The quantitative estimate of drug-likeness (QED) is 0.831. The zero-order valence-corrected chi connectivity index (χ0v) is 13.9. The van der Waals surface area contributed by atoms with E-state index < -0.39 is 5.97 Å². The molecule has 0 saturated carbocycles. The molecule has 2 heterocycles. The average molecular weight is 338 g/mol. The lowest BCUT2D eigenvalue weighted by atomic mass is 10.1. The van der Waals surface area contributed by atoms with Crippen molar-refractivity contribution in [1.82, 2.24) is 10.2 Å². The fraction of sp³-hybridized carbons (Fsp3) is 0.562. The highest BCUT2D eigenvalue weighted by Gasteiger charge is 2.17. The summed E-state index contributed by atoms with van der Waals surface area (Å²) >= 11 is 1.30. The molecule has 23 heavy (non-hydrogen) atoms. The molecule has 0 radical (unpaired) electrons. The van der Waals surface area contributed by atoms with E-state index in [1.54, 1.807) is 22.4 Å². The first-order valence-corrected chi connectivity index (χ1v) is 8.80. The maximum atomic E-state index is 12.1. The summed E-state index contributed by atoms with van der Waals surface area (Å²) in [6.45, 7) is 0.967. The minimum Gasteiger partial charge on any atom is -0.454 e. The van der Waals surface area contributed by atoms with Gasteiger partial charge in [-0.3, -0.25) is 14.4 Å². The highest BCUT2D eigenvalue weighted by atomic mass is 32.1. The molecular weight excluding hydrogens is 316 g/mol. The molecule has 1 aromatic heterocycles. The number of hydrogen-bond donors (Lipinski definition) is 1. The summed E-state index contributed by atoms with van der Waals surface area (Å²) in [5.74, 6) is -1.08. The number of hydrogen-bond acceptors (Lipinski definition) is 5. The first-order chi connectivity index (χ1) is 11.2. The van der Waals surface area contributed by atoms with Crippen LogP contribution in [0.5, 0.6) is 0 Å². The number of nitrogens with zero attached hydrogens (tertiary/aromatic N) is 1. The van der Waals surface area contributed by atoms with Gasteiger partial charge in [-0.1, -0.05) is 25.3 Å². The summed E-state index contributed by atoms with van der Waals surface area (Å²) in [7, 11) is 0. The molecule has 0 aromatic carbocycles. The number of nitrogens with one attached hydrogen (secondary N) is 1. The molecule has 0 aliphatic carbocycles. The van der Waals surface area contributed by atoms with Crippen LogP contribution in [-0.4, -0.2) is 48.9 Å². The van der Waals surface area contributed by atoms with E-state index in [1.807, 2.05) is 0 Å². The van der Waals surface area contributed by atoms with Crippen molar-refractivity contribution in [2.45, 2.75) is 32.1 Å². The minimum atomic E-state index is -0.602. The van der Waals surface area contributed by atoms with Crippen LogP contribution < -0.4 is 5.32 Å². The normalized spacial score (nSPS) is 15.4. The van der Waals surface area contributed by atoms with Crippen LogP contribution in [0.3, 0.4) is 0 Å². The van der Waals surface area contributed by atoms with E-state index in [0.717, 1.165) is 38.8 Å². The van der Waals surface area contributed by atoms with Crippen LogP contribution in [0.25, 0.3) is 0 Å². The highest BCUT2D eigenvalue weighted by molar-refractivity contribution is 7.12. The van der Waals surface area contributed by atoms with Crippen LogP contribution in [0.1, 0.15) is 41.8 Å². The Morgan fingerprint density at radius 2 is 1.83 bits per heavy atom. The maximum Gasteiger partial charge on any atom is 0.325 e. The van der Waals surface area contributed by atoms with Crippen molar-refractivity contribution in [3.63, 3.8) is 0 Å². The second-order valence-corrected chi connectivity index (χ2v) is 6.42. The Hall–Kier alpha value is -1.89. The molecule has 1 saturated heterocycles. The number of thiophene rings is 1. The number of carbonyl (C=O) groups excluding carboxylic acids is 3. The predicted octanol–water partition coefficient (Wildman–Crippen LogP) is 1.81. The van der Waals surface area contributed by atoms with Gasteiger partial charge in [-0.25, -0.2) is 0 Å². The van der Waals surface area contributed by atoms with Crippen molar-refractivity contribution in [2.75, 3.05) is 26.2 Å². The Bertz CT molecular complexity index is 522. The number of carbonyl (C=O) groups is 3. The van der Waals surface area contributed by atoms with Gasteiger partial charge in [0.1, 0.15) is 6.54 Å². The molecular formula is C16H22N2O4S. The lowest BCUT2D eigenvalue weighted by Crippen LogP contribution is -2.38. The molecule has 1 fully saturated rings. The summed E-state index contributed by atoms with van der Waals surface area (Å²) in [6.07, 6.45) is 5.49. The first kappa shape index (κ1) is 17.5. The SMILES string of the molecule is O=C(CNC(=O)c1cccs1)OCC(=O)N1CCCCCCC1. The molecule has 2 rings (SSSR count). The van der Waals surface area contributed by atoms with Crippen molar-refractivity contribution < 1.29 is 19.1 Å². The summed E-state index contributed by atoms with van der Waals surface area (Å²) in [5, 5.41) is 4.27.